The molecule has 0 aliphatic rings. The van der Waals surface area contributed by atoms with Crippen LogP contribution in [-0.2, 0) is 20.7 Å². The van der Waals surface area contributed by atoms with Gasteiger partial charge in [0, 0.05) is 0 Å². The number of para-hydroxylation sites is 4. The third kappa shape index (κ3) is 5.39. The second-order valence-corrected chi connectivity index (χ2v) is 9.02. The lowest BCUT2D eigenvalue weighted by atomic mass is 9.90. The summed E-state index contributed by atoms with van der Waals surface area (Å²) < 4.78 is 0. The summed E-state index contributed by atoms with van der Waals surface area (Å²) >= 11 is 0. The molecule has 0 aliphatic carbocycles. The highest BCUT2D eigenvalue weighted by atomic mass is 16.3. The molecule has 0 fully saturated rings. The minimum Gasteiger partial charge on any atom is -0.506 e. The number of amides is 2. The van der Waals surface area contributed by atoms with Gasteiger partial charge >= 0.3 is 0 Å². The molecule has 0 saturated heterocycles. The zero-order chi connectivity index (χ0) is 27.2. The van der Waals surface area contributed by atoms with Crippen molar-refractivity contribution in [3.8, 4) is 11.5 Å². The molecule has 192 valence electrons. The van der Waals surface area contributed by atoms with Crippen molar-refractivity contribution in [3.63, 3.8) is 0 Å². The number of aromatic hydroxyl groups is 2. The highest BCUT2D eigenvalue weighted by Crippen LogP contribution is 2.35. The first kappa shape index (κ1) is 26.1. The number of carbonyl (C=O) groups excluding carboxylic acids is 2. The van der Waals surface area contributed by atoms with Crippen LogP contribution >= 0.6 is 0 Å². The Labute approximate surface area is 220 Å². The number of nitrogens with one attached hydrogen (secondary N) is 2. The molecule has 0 heterocycles. The van der Waals surface area contributed by atoms with Gasteiger partial charge in [0.2, 0.25) is 0 Å². The largest absolute Gasteiger partial charge is 0.506 e. The fourth-order valence-corrected chi connectivity index (χ4v) is 3.84. The van der Waals surface area contributed by atoms with Gasteiger partial charge in [0.15, 0.2) is 11.1 Å². The fourth-order valence-electron chi connectivity index (χ4n) is 3.84. The number of azo groups is 1. The predicted octanol–water partition coefficient (Wildman–Crippen LogP) is 5.96. The van der Waals surface area contributed by atoms with E-state index in [1.54, 1.807) is 98.8 Å². The Morgan fingerprint density at radius 2 is 0.868 bits per heavy atom. The molecule has 0 saturated carbocycles. The maximum atomic E-state index is 13.6. The maximum Gasteiger partial charge on any atom is 0.258 e. The minimum absolute atomic E-state index is 0.0932. The van der Waals surface area contributed by atoms with Crippen LogP contribution in [0.3, 0.4) is 0 Å². The van der Waals surface area contributed by atoms with E-state index in [1.807, 2.05) is 12.1 Å². The van der Waals surface area contributed by atoms with Crippen molar-refractivity contribution in [1.29, 1.82) is 0 Å². The van der Waals surface area contributed by atoms with Crippen LogP contribution in [0.15, 0.2) is 119 Å². The lowest BCUT2D eigenvalue weighted by Crippen LogP contribution is -2.39. The molecule has 4 aromatic carbocycles. The molecular formula is C30H28N4O4. The van der Waals surface area contributed by atoms with Gasteiger partial charge in [-0.3, -0.25) is 9.59 Å². The van der Waals surface area contributed by atoms with Gasteiger partial charge in [0.25, 0.3) is 11.8 Å². The Morgan fingerprint density at radius 1 is 0.553 bits per heavy atom. The van der Waals surface area contributed by atoms with Gasteiger partial charge in [0.05, 0.1) is 11.4 Å². The first-order valence-corrected chi connectivity index (χ1v) is 12.0. The lowest BCUT2D eigenvalue weighted by molar-refractivity contribution is -0.123. The van der Waals surface area contributed by atoms with Crippen LogP contribution in [-0.4, -0.2) is 22.0 Å². The van der Waals surface area contributed by atoms with Gasteiger partial charge in [-0.2, -0.15) is 10.2 Å². The Bertz CT molecular complexity index is 1350. The molecule has 2 amide bonds. The first-order chi connectivity index (χ1) is 18.2. The van der Waals surface area contributed by atoms with E-state index in [9.17, 15) is 19.8 Å². The van der Waals surface area contributed by atoms with Gasteiger partial charge in [0.1, 0.15) is 11.5 Å². The van der Waals surface area contributed by atoms with Gasteiger partial charge < -0.3 is 20.8 Å². The molecule has 38 heavy (non-hydrogen) atoms. The number of phenols is 2. The number of hydrogen-bond donors (Lipinski definition) is 4. The Kier molecular flexibility index (Phi) is 7.53. The molecule has 2 unspecified atom stereocenters. The molecule has 0 aliphatic heterocycles. The molecule has 8 nitrogen and oxygen atoms in total. The van der Waals surface area contributed by atoms with Crippen molar-refractivity contribution in [3.05, 3.63) is 120 Å². The standard InChI is InChI=1S/C30H28N4O4/c1-29(21-13-5-3-6-14-21,27(37)31-23-17-9-11-19-25(23)35)33-34-30(2,22-15-7-4-8-16-22)28(38)32-24-18-10-12-20-26(24)36/h3-20,35-36H,1-2H3,(H,31,37)(H,32,38). The van der Waals surface area contributed by atoms with Crippen molar-refractivity contribution < 1.29 is 19.8 Å². The number of carbonyl (C=O) groups is 2. The van der Waals surface area contributed by atoms with Crippen molar-refractivity contribution in [1.82, 2.24) is 0 Å². The summed E-state index contributed by atoms with van der Waals surface area (Å²) in [6.45, 7) is 3.18. The van der Waals surface area contributed by atoms with E-state index in [1.165, 1.54) is 12.1 Å². The van der Waals surface area contributed by atoms with Crippen molar-refractivity contribution >= 4 is 23.2 Å². The topological polar surface area (TPSA) is 123 Å². The maximum absolute atomic E-state index is 13.6. The highest BCUT2D eigenvalue weighted by Gasteiger charge is 2.41. The Hall–Kier alpha value is -4.98. The third-order valence-electron chi connectivity index (χ3n) is 6.31. The molecule has 0 spiro atoms. The van der Waals surface area contributed by atoms with Gasteiger partial charge in [-0.15, -0.1) is 0 Å². The van der Waals surface area contributed by atoms with Gasteiger partial charge in [-0.25, -0.2) is 0 Å². The van der Waals surface area contributed by atoms with E-state index >= 15 is 0 Å². The van der Waals surface area contributed by atoms with Crippen molar-refractivity contribution in [2.45, 2.75) is 24.9 Å². The molecule has 0 bridgehead atoms. The summed E-state index contributed by atoms with van der Waals surface area (Å²) in [5.74, 6) is -1.29. The molecule has 4 N–H and O–H groups in total. The first-order valence-electron chi connectivity index (χ1n) is 12.0. The average molecular weight is 509 g/mol. The number of phenolic OH excluding ortho intramolecular Hbond substituents is 2. The van der Waals surface area contributed by atoms with Crippen molar-refractivity contribution in [2.24, 2.45) is 10.2 Å². The molecule has 8 heteroatoms. The van der Waals surface area contributed by atoms with E-state index in [2.05, 4.69) is 20.9 Å². The summed E-state index contributed by atoms with van der Waals surface area (Å²) in [6.07, 6.45) is 0. The van der Waals surface area contributed by atoms with Crippen LogP contribution in [0.5, 0.6) is 11.5 Å². The zero-order valence-electron chi connectivity index (χ0n) is 21.0. The normalized spacial score (nSPS) is 14.3. The summed E-state index contributed by atoms with van der Waals surface area (Å²) in [6, 6.07) is 30.4. The van der Waals surface area contributed by atoms with Gasteiger partial charge in [-0.05, 0) is 49.2 Å². The number of benzene rings is 4. The minimum atomic E-state index is -1.56. The summed E-state index contributed by atoms with van der Waals surface area (Å²) in [5, 5.41) is 34.8. The lowest BCUT2D eigenvalue weighted by Gasteiger charge is -2.28. The van der Waals surface area contributed by atoms with E-state index in [0.29, 0.717) is 11.1 Å². The number of nitrogens with zero attached hydrogens (tertiary/aromatic N) is 2. The molecular weight excluding hydrogens is 480 g/mol. The van der Waals surface area contributed by atoms with E-state index in [-0.39, 0.29) is 22.9 Å². The summed E-state index contributed by atoms with van der Waals surface area (Å²) in [4.78, 5) is 27.3. The monoisotopic (exact) mass is 508 g/mol. The van der Waals surface area contributed by atoms with Crippen LogP contribution in [0.4, 0.5) is 11.4 Å². The fraction of sp³-hybridized carbons (Fsp3) is 0.133. The van der Waals surface area contributed by atoms with E-state index in [0.717, 1.165) is 0 Å². The van der Waals surface area contributed by atoms with Crippen LogP contribution < -0.4 is 10.6 Å². The highest BCUT2D eigenvalue weighted by molar-refractivity contribution is 6.01. The SMILES string of the molecule is CC(N=NC(C)(C(=O)Nc1ccccc1O)c1ccccc1)(C(=O)Nc1ccccc1O)c1ccccc1. The number of anilines is 2. The van der Waals surface area contributed by atoms with Crippen molar-refractivity contribution in [2.75, 3.05) is 10.6 Å². The smallest absolute Gasteiger partial charge is 0.258 e. The number of hydrogen-bond acceptors (Lipinski definition) is 6. The van der Waals surface area contributed by atoms with Crippen LogP contribution in [0.1, 0.15) is 25.0 Å². The second-order valence-electron chi connectivity index (χ2n) is 9.02. The second kappa shape index (κ2) is 11.0. The summed E-state index contributed by atoms with van der Waals surface area (Å²) in [5.41, 5.74) is -1.61. The molecule has 2 atom stereocenters. The Morgan fingerprint density at radius 3 is 1.21 bits per heavy atom. The molecule has 4 rings (SSSR count). The quantitative estimate of drug-likeness (QED) is 0.173. The number of rotatable bonds is 8. The summed E-state index contributed by atoms with van der Waals surface area (Å²) in [7, 11) is 0. The molecule has 4 aromatic rings. The average Bonchev–Trinajstić information content (AvgIpc) is 2.95. The Balaban J connectivity index is 1.77. The molecule has 0 aromatic heterocycles. The van der Waals surface area contributed by atoms with Gasteiger partial charge in [-0.1, -0.05) is 84.9 Å². The third-order valence-corrected chi connectivity index (χ3v) is 6.31. The van der Waals surface area contributed by atoms with E-state index < -0.39 is 22.9 Å². The predicted molar refractivity (Wildman–Crippen MR) is 146 cm³/mol. The zero-order valence-corrected chi connectivity index (χ0v) is 21.0. The van der Waals surface area contributed by atoms with Crippen LogP contribution in [0.25, 0.3) is 0 Å². The van der Waals surface area contributed by atoms with Crippen LogP contribution in [0, 0.1) is 0 Å². The van der Waals surface area contributed by atoms with E-state index in [4.69, 9.17) is 0 Å². The molecule has 0 radical (unpaired) electrons. The van der Waals surface area contributed by atoms with Crippen LogP contribution in [0.2, 0.25) is 0 Å².